The Balaban J connectivity index is 1.21. The van der Waals surface area contributed by atoms with Gasteiger partial charge in [-0.1, -0.05) is 146 Å². The van der Waals surface area contributed by atoms with Gasteiger partial charge >= 0.3 is 0 Å². The lowest BCUT2D eigenvalue weighted by molar-refractivity contribution is 0.623. The molecule has 0 atom stereocenters. The highest BCUT2D eigenvalue weighted by Crippen LogP contribution is 2.44. The Kier molecular flexibility index (Phi) is 7.38. The summed E-state index contributed by atoms with van der Waals surface area (Å²) in [5, 5.41) is 4.13. The van der Waals surface area contributed by atoms with Crippen molar-refractivity contribution in [3.63, 3.8) is 0 Å². The van der Waals surface area contributed by atoms with Crippen molar-refractivity contribution in [1.29, 1.82) is 0 Å². The molecule has 0 amide bonds. The number of rotatable bonds is 6. The molecule has 0 N–H and O–H groups in total. The SMILES string of the molecule is c1ccc(-c2ccc(-c3nc(-c4ccccc4)nc(-c4cc5nc(-c6ccccc6)oc5c5c4ccc4c5c5ccccc5n4-c4ccccc4)n3)cc2)cc1. The lowest BCUT2D eigenvalue weighted by atomic mass is 9.98. The van der Waals surface area contributed by atoms with Gasteiger partial charge < -0.3 is 8.98 Å². The first kappa shape index (κ1) is 31.8. The number of para-hydroxylation sites is 2. The molecule has 56 heavy (non-hydrogen) atoms. The molecule has 0 aliphatic carbocycles. The summed E-state index contributed by atoms with van der Waals surface area (Å²) < 4.78 is 9.11. The highest BCUT2D eigenvalue weighted by atomic mass is 16.3. The summed E-state index contributed by atoms with van der Waals surface area (Å²) in [5.74, 6) is 2.30. The fourth-order valence-corrected chi connectivity index (χ4v) is 7.87. The number of benzene rings is 8. The average Bonchev–Trinajstić information content (AvgIpc) is 3.87. The maximum Gasteiger partial charge on any atom is 0.227 e. The van der Waals surface area contributed by atoms with Gasteiger partial charge in [-0.25, -0.2) is 19.9 Å². The van der Waals surface area contributed by atoms with E-state index >= 15 is 0 Å². The maximum absolute atomic E-state index is 6.79. The Bertz CT molecular complexity index is 3210. The molecule has 3 aromatic heterocycles. The lowest BCUT2D eigenvalue weighted by Crippen LogP contribution is -2.01. The monoisotopic (exact) mass is 717 g/mol. The van der Waals surface area contributed by atoms with Crippen LogP contribution >= 0.6 is 0 Å². The van der Waals surface area contributed by atoms with Crippen LogP contribution in [0.2, 0.25) is 0 Å². The van der Waals surface area contributed by atoms with Crippen LogP contribution in [-0.2, 0) is 0 Å². The molecule has 0 unspecified atom stereocenters. The van der Waals surface area contributed by atoms with Crippen LogP contribution in [0.25, 0.3) is 106 Å². The average molecular weight is 718 g/mol. The lowest BCUT2D eigenvalue weighted by Gasteiger charge is -2.12. The van der Waals surface area contributed by atoms with Gasteiger partial charge in [0.1, 0.15) is 5.52 Å². The Labute approximate surface area is 322 Å². The van der Waals surface area contributed by atoms with Crippen LogP contribution in [0.1, 0.15) is 0 Å². The molecule has 6 nitrogen and oxygen atoms in total. The third-order valence-corrected chi connectivity index (χ3v) is 10.5. The van der Waals surface area contributed by atoms with Gasteiger partial charge in [-0.05, 0) is 59.0 Å². The summed E-state index contributed by atoms with van der Waals surface area (Å²) in [4.78, 5) is 20.6. The van der Waals surface area contributed by atoms with E-state index in [1.807, 2.05) is 72.8 Å². The third kappa shape index (κ3) is 5.27. The molecule has 0 saturated heterocycles. The van der Waals surface area contributed by atoms with Crippen LogP contribution in [0.5, 0.6) is 0 Å². The Morgan fingerprint density at radius 1 is 0.375 bits per heavy atom. The second kappa shape index (κ2) is 13.0. The van der Waals surface area contributed by atoms with E-state index in [0.29, 0.717) is 23.4 Å². The number of hydrogen-bond donors (Lipinski definition) is 0. The normalized spacial score (nSPS) is 11.6. The standard InChI is InChI=1S/C50H31N5O/c1-5-15-32(16-6-1)33-25-27-35(28-26-33)48-52-47(34-17-7-2-8-18-34)53-49(54-48)40-31-41-46(56-50(51-41)36-19-9-3-10-20-36)45-38(40)29-30-43-44(45)39-23-13-14-24-42(39)55(43)37-21-11-4-12-22-37/h1-31H. The van der Waals surface area contributed by atoms with Crippen molar-refractivity contribution in [1.82, 2.24) is 24.5 Å². The fourth-order valence-electron chi connectivity index (χ4n) is 7.87. The van der Waals surface area contributed by atoms with Gasteiger partial charge in [0, 0.05) is 44.1 Å². The molecule has 0 spiro atoms. The first-order valence-corrected chi connectivity index (χ1v) is 18.6. The zero-order valence-corrected chi connectivity index (χ0v) is 30.0. The van der Waals surface area contributed by atoms with Gasteiger partial charge in [-0.3, -0.25) is 0 Å². The van der Waals surface area contributed by atoms with Gasteiger partial charge in [-0.15, -0.1) is 0 Å². The van der Waals surface area contributed by atoms with E-state index in [9.17, 15) is 0 Å². The highest BCUT2D eigenvalue weighted by Gasteiger charge is 2.23. The zero-order valence-electron chi connectivity index (χ0n) is 30.0. The molecular formula is C50H31N5O. The van der Waals surface area contributed by atoms with E-state index < -0.39 is 0 Å². The van der Waals surface area contributed by atoms with Gasteiger partial charge in [0.15, 0.2) is 23.1 Å². The van der Waals surface area contributed by atoms with Gasteiger partial charge in [0.25, 0.3) is 0 Å². The first-order valence-electron chi connectivity index (χ1n) is 18.6. The molecule has 3 heterocycles. The first-order chi connectivity index (χ1) is 27.8. The van der Waals surface area contributed by atoms with Crippen molar-refractivity contribution >= 4 is 43.7 Å². The van der Waals surface area contributed by atoms with Crippen LogP contribution in [0.4, 0.5) is 0 Å². The Morgan fingerprint density at radius 2 is 0.911 bits per heavy atom. The minimum atomic E-state index is 0.558. The Morgan fingerprint density at radius 3 is 1.61 bits per heavy atom. The second-order valence-corrected chi connectivity index (χ2v) is 13.8. The summed E-state index contributed by atoms with van der Waals surface area (Å²) in [6.45, 7) is 0. The van der Waals surface area contributed by atoms with Crippen molar-refractivity contribution < 1.29 is 4.42 Å². The van der Waals surface area contributed by atoms with Crippen LogP contribution < -0.4 is 0 Å². The smallest absolute Gasteiger partial charge is 0.227 e. The van der Waals surface area contributed by atoms with Crippen molar-refractivity contribution in [2.24, 2.45) is 0 Å². The number of oxazole rings is 1. The maximum atomic E-state index is 6.79. The molecule has 8 aromatic carbocycles. The molecule has 11 aromatic rings. The van der Waals surface area contributed by atoms with Gasteiger partial charge in [0.05, 0.1) is 11.0 Å². The predicted octanol–water partition coefficient (Wildman–Crippen LogP) is 12.6. The molecular weight excluding hydrogens is 687 g/mol. The van der Waals surface area contributed by atoms with E-state index in [4.69, 9.17) is 24.4 Å². The minimum absolute atomic E-state index is 0.558. The van der Waals surface area contributed by atoms with E-state index in [1.165, 1.54) is 0 Å². The zero-order chi connectivity index (χ0) is 37.0. The van der Waals surface area contributed by atoms with Crippen molar-refractivity contribution in [3.8, 4) is 62.4 Å². The van der Waals surface area contributed by atoms with Gasteiger partial charge in [-0.2, -0.15) is 0 Å². The number of aromatic nitrogens is 5. The molecule has 262 valence electrons. The van der Waals surface area contributed by atoms with Crippen LogP contribution in [-0.4, -0.2) is 24.5 Å². The molecule has 0 fully saturated rings. The van der Waals surface area contributed by atoms with Crippen molar-refractivity contribution in [2.75, 3.05) is 0 Å². The van der Waals surface area contributed by atoms with Crippen molar-refractivity contribution in [3.05, 3.63) is 188 Å². The quantitative estimate of drug-likeness (QED) is 0.171. The highest BCUT2D eigenvalue weighted by molar-refractivity contribution is 6.29. The van der Waals surface area contributed by atoms with E-state index in [-0.39, 0.29) is 0 Å². The molecule has 0 saturated carbocycles. The summed E-state index contributed by atoms with van der Waals surface area (Å²) in [6.07, 6.45) is 0. The molecule has 0 radical (unpaired) electrons. The predicted molar refractivity (Wildman–Crippen MR) is 226 cm³/mol. The topological polar surface area (TPSA) is 69.6 Å². The largest absolute Gasteiger partial charge is 0.435 e. The van der Waals surface area contributed by atoms with E-state index in [0.717, 1.165) is 82.7 Å². The van der Waals surface area contributed by atoms with E-state index in [1.54, 1.807) is 0 Å². The molecule has 0 aliphatic heterocycles. The van der Waals surface area contributed by atoms with Crippen LogP contribution in [0.3, 0.4) is 0 Å². The summed E-state index contributed by atoms with van der Waals surface area (Å²) >= 11 is 0. The third-order valence-electron chi connectivity index (χ3n) is 10.5. The summed E-state index contributed by atoms with van der Waals surface area (Å²) in [6, 6.07) is 64.5. The molecule has 6 heteroatoms. The molecule has 11 rings (SSSR count). The van der Waals surface area contributed by atoms with Crippen molar-refractivity contribution in [2.45, 2.75) is 0 Å². The number of hydrogen-bond acceptors (Lipinski definition) is 5. The number of fused-ring (bicyclic) bond motifs is 7. The summed E-state index contributed by atoms with van der Waals surface area (Å²) in [7, 11) is 0. The molecule has 0 bridgehead atoms. The van der Waals surface area contributed by atoms with E-state index in [2.05, 4.69) is 120 Å². The van der Waals surface area contributed by atoms with Gasteiger partial charge in [0.2, 0.25) is 5.89 Å². The number of nitrogens with zero attached hydrogens (tertiary/aromatic N) is 5. The minimum Gasteiger partial charge on any atom is -0.435 e. The van der Waals surface area contributed by atoms with Crippen LogP contribution in [0.15, 0.2) is 192 Å². The summed E-state index contributed by atoms with van der Waals surface area (Å²) in [5.41, 5.74) is 10.6. The Hall–Kier alpha value is -7.70. The van der Waals surface area contributed by atoms with Crippen LogP contribution in [0, 0.1) is 0 Å². The fraction of sp³-hybridized carbons (Fsp3) is 0. The molecule has 0 aliphatic rings. The second-order valence-electron chi connectivity index (χ2n) is 13.8.